The van der Waals surface area contributed by atoms with Gasteiger partial charge in [0.05, 0.1) is 37.8 Å². The molecular formula is C34H48F2N8O12. The van der Waals surface area contributed by atoms with E-state index in [-0.39, 0.29) is 13.2 Å². The fraction of sp³-hybridized carbons (Fsp3) is 0.588. The lowest BCUT2D eigenvalue weighted by atomic mass is 10.1. The highest BCUT2D eigenvalue weighted by Gasteiger charge is 2.43. The van der Waals surface area contributed by atoms with Crippen LogP contribution < -0.4 is 22.0 Å². The summed E-state index contributed by atoms with van der Waals surface area (Å²) in [6.07, 6.45) is 0.373. The third kappa shape index (κ3) is 13.1. The molecule has 2 aliphatic heterocycles. The second-order valence-corrected chi connectivity index (χ2v) is 12.5. The lowest BCUT2D eigenvalue weighted by molar-refractivity contribution is -0.0355. The Bertz CT molecular complexity index is 1670. The van der Waals surface area contributed by atoms with E-state index in [1.807, 2.05) is 13.8 Å². The normalized spacial score (nSPS) is 23.9. The number of ether oxygens (including phenoxy) is 4. The predicted octanol–water partition coefficient (Wildman–Crippen LogP) is 2.00. The number of aliphatic hydroxyl groups excluding tert-OH is 4. The van der Waals surface area contributed by atoms with Gasteiger partial charge in [-0.15, -0.1) is 0 Å². The first-order valence-electron chi connectivity index (χ1n) is 17.9. The molecule has 2 fully saturated rings. The molecule has 310 valence electrons. The van der Waals surface area contributed by atoms with Crippen LogP contribution in [0, 0.1) is 11.6 Å². The van der Waals surface area contributed by atoms with Crippen molar-refractivity contribution in [2.24, 2.45) is 0 Å². The largest absolute Gasteiger partial charge is 0.449 e. The molecule has 5 rings (SSSR count). The maximum Gasteiger partial charge on any atom is 0.412 e. The van der Waals surface area contributed by atoms with E-state index in [1.165, 1.54) is 20.2 Å². The molecule has 3 aromatic heterocycles. The number of aliphatic hydroxyl groups is 4. The van der Waals surface area contributed by atoms with Crippen molar-refractivity contribution >= 4 is 23.8 Å². The number of rotatable bonds is 12. The summed E-state index contributed by atoms with van der Waals surface area (Å²) in [5.41, 5.74) is -1.90. The molecule has 22 heteroatoms. The molecule has 2 amide bonds. The summed E-state index contributed by atoms with van der Waals surface area (Å²) in [5, 5.41) is 43.2. The highest BCUT2D eigenvalue weighted by atomic mass is 19.1. The van der Waals surface area contributed by atoms with Crippen LogP contribution in [0.2, 0.25) is 0 Å². The van der Waals surface area contributed by atoms with E-state index in [2.05, 4.69) is 30.6 Å². The Morgan fingerprint density at radius 3 is 1.39 bits per heavy atom. The molecule has 2 aliphatic rings. The van der Waals surface area contributed by atoms with E-state index in [0.717, 1.165) is 47.2 Å². The predicted molar refractivity (Wildman–Crippen MR) is 191 cm³/mol. The van der Waals surface area contributed by atoms with Gasteiger partial charge in [0.25, 0.3) is 0 Å². The topological polar surface area (TPSA) is 272 Å². The van der Waals surface area contributed by atoms with Gasteiger partial charge in [0, 0.05) is 12.4 Å². The fourth-order valence-electron chi connectivity index (χ4n) is 5.10. The molecule has 3 aromatic rings. The standard InChI is InChI=1S/2C15H22FN3O6.C4H4N2/c2*1-3-4-5-6-24-15(23)18-12-9(16)7-19(14(22)17-12)13-11(21)10(20)8(2)25-13;1-2-5-4-6-3-1/h2*7-8,10-11,13,20-21H,3-6H2,1-2H3,(H,17,18,22,23);1-4H/t2*8-,10-,11-,13-;/m11./s1. The number of anilines is 2. The quantitative estimate of drug-likeness (QED) is 0.143. The SMILES string of the molecule is CCCCCOC(=O)Nc1nc(=O)n([C@@H]2O[C@H](C)[C@@H](O)[C@H]2O)cc1F.CCCCCOC(=O)Nc1nc(=O)n([C@@H]2O[C@H](C)[C@@H](O)[C@H]2O)cc1F.c1cncnc1. The third-order valence-corrected chi connectivity index (χ3v) is 8.20. The van der Waals surface area contributed by atoms with Gasteiger partial charge in [0.15, 0.2) is 35.7 Å². The summed E-state index contributed by atoms with van der Waals surface area (Å²) < 4.78 is 49.9. The number of nitrogens with zero attached hydrogens (tertiary/aromatic N) is 6. The van der Waals surface area contributed by atoms with Gasteiger partial charge in [-0.3, -0.25) is 19.8 Å². The molecule has 56 heavy (non-hydrogen) atoms. The Morgan fingerprint density at radius 2 is 1.11 bits per heavy atom. The maximum absolute atomic E-state index is 14.1. The van der Waals surface area contributed by atoms with Crippen LogP contribution >= 0.6 is 0 Å². The molecule has 20 nitrogen and oxygen atoms in total. The summed E-state index contributed by atoms with van der Waals surface area (Å²) in [6, 6.07) is 1.78. The van der Waals surface area contributed by atoms with Gasteiger partial charge in [-0.1, -0.05) is 39.5 Å². The molecular weight excluding hydrogens is 750 g/mol. The molecule has 2 saturated heterocycles. The van der Waals surface area contributed by atoms with Crippen molar-refractivity contribution in [2.45, 2.75) is 115 Å². The lowest BCUT2D eigenvalue weighted by Crippen LogP contribution is -2.36. The fourth-order valence-corrected chi connectivity index (χ4v) is 5.10. The minimum absolute atomic E-state index is 0.177. The molecule has 8 atom stereocenters. The van der Waals surface area contributed by atoms with E-state index in [0.29, 0.717) is 12.8 Å². The van der Waals surface area contributed by atoms with Crippen molar-refractivity contribution in [1.82, 2.24) is 29.1 Å². The highest BCUT2D eigenvalue weighted by Crippen LogP contribution is 2.29. The first-order valence-corrected chi connectivity index (χ1v) is 17.9. The molecule has 0 unspecified atom stereocenters. The third-order valence-electron chi connectivity index (χ3n) is 8.20. The number of hydrogen-bond acceptors (Lipinski definition) is 16. The zero-order chi connectivity index (χ0) is 41.4. The van der Waals surface area contributed by atoms with Crippen molar-refractivity contribution in [1.29, 1.82) is 0 Å². The van der Waals surface area contributed by atoms with Crippen LogP contribution in [0.3, 0.4) is 0 Å². The van der Waals surface area contributed by atoms with Gasteiger partial charge in [-0.25, -0.2) is 37.9 Å². The zero-order valence-electron chi connectivity index (χ0n) is 31.2. The Labute approximate surface area is 319 Å². The minimum atomic E-state index is -1.41. The lowest BCUT2D eigenvalue weighted by Gasteiger charge is -2.17. The summed E-state index contributed by atoms with van der Waals surface area (Å²) in [4.78, 5) is 61.4. The van der Waals surface area contributed by atoms with E-state index < -0.39 is 95.9 Å². The van der Waals surface area contributed by atoms with Crippen molar-refractivity contribution in [2.75, 3.05) is 23.8 Å². The first-order chi connectivity index (χ1) is 26.7. The molecule has 0 bridgehead atoms. The zero-order valence-corrected chi connectivity index (χ0v) is 31.2. The number of carbonyl (C=O) groups excluding carboxylic acids is 2. The van der Waals surface area contributed by atoms with Gasteiger partial charge in [0.2, 0.25) is 0 Å². The Balaban J connectivity index is 0.000000261. The number of hydrogen-bond donors (Lipinski definition) is 6. The van der Waals surface area contributed by atoms with Crippen LogP contribution in [0.15, 0.2) is 46.8 Å². The van der Waals surface area contributed by atoms with Crippen LogP contribution in [0.1, 0.15) is 78.7 Å². The summed E-state index contributed by atoms with van der Waals surface area (Å²) in [6.45, 7) is 7.37. The molecule has 5 heterocycles. The van der Waals surface area contributed by atoms with E-state index in [9.17, 15) is 48.4 Å². The summed E-state index contributed by atoms with van der Waals surface area (Å²) in [7, 11) is 0. The van der Waals surface area contributed by atoms with Gasteiger partial charge < -0.3 is 39.4 Å². The van der Waals surface area contributed by atoms with Crippen molar-refractivity contribution in [3.05, 3.63) is 69.8 Å². The van der Waals surface area contributed by atoms with Crippen LogP contribution in [-0.4, -0.2) is 112 Å². The first kappa shape index (κ1) is 45.4. The van der Waals surface area contributed by atoms with Crippen molar-refractivity contribution in [3.63, 3.8) is 0 Å². The second-order valence-electron chi connectivity index (χ2n) is 12.5. The molecule has 0 aliphatic carbocycles. The maximum atomic E-state index is 14.1. The monoisotopic (exact) mass is 798 g/mol. The number of halogens is 2. The Kier molecular flexibility index (Phi) is 18.3. The van der Waals surface area contributed by atoms with Crippen LogP contribution in [0.4, 0.5) is 30.0 Å². The van der Waals surface area contributed by atoms with Crippen LogP contribution in [0.5, 0.6) is 0 Å². The van der Waals surface area contributed by atoms with Crippen LogP contribution in [0.25, 0.3) is 0 Å². The number of aromatic nitrogens is 6. The average molecular weight is 799 g/mol. The number of nitrogens with one attached hydrogen (secondary N) is 2. The van der Waals surface area contributed by atoms with E-state index in [4.69, 9.17) is 18.9 Å². The summed E-state index contributed by atoms with van der Waals surface area (Å²) in [5.74, 6) is -3.17. The Hall–Kier alpha value is -5.00. The van der Waals surface area contributed by atoms with E-state index in [1.54, 1.807) is 18.5 Å². The number of carbonyl (C=O) groups is 2. The number of unbranched alkanes of at least 4 members (excludes halogenated alkanes) is 4. The average Bonchev–Trinajstić information content (AvgIpc) is 3.59. The van der Waals surface area contributed by atoms with Gasteiger partial charge in [-0.05, 0) is 32.8 Å². The van der Waals surface area contributed by atoms with E-state index >= 15 is 0 Å². The molecule has 0 radical (unpaired) electrons. The van der Waals surface area contributed by atoms with Gasteiger partial charge >= 0.3 is 23.6 Å². The minimum Gasteiger partial charge on any atom is -0.449 e. The van der Waals surface area contributed by atoms with Crippen molar-refractivity contribution < 1.29 is 57.7 Å². The Morgan fingerprint density at radius 1 is 0.714 bits per heavy atom. The smallest absolute Gasteiger partial charge is 0.412 e. The molecule has 6 N–H and O–H groups in total. The van der Waals surface area contributed by atoms with Gasteiger partial charge in [-0.2, -0.15) is 9.97 Å². The van der Waals surface area contributed by atoms with Crippen molar-refractivity contribution in [3.8, 4) is 0 Å². The molecule has 0 aromatic carbocycles. The molecule has 0 spiro atoms. The second kappa shape index (κ2) is 22.5. The highest BCUT2D eigenvalue weighted by molar-refractivity contribution is 5.83. The summed E-state index contributed by atoms with van der Waals surface area (Å²) >= 11 is 0. The van der Waals surface area contributed by atoms with Gasteiger partial charge in [0.1, 0.15) is 30.7 Å². The molecule has 0 saturated carbocycles. The number of amides is 2. The van der Waals surface area contributed by atoms with Crippen LogP contribution in [-0.2, 0) is 18.9 Å².